The van der Waals surface area contributed by atoms with Crippen molar-refractivity contribution in [1.82, 2.24) is 15.1 Å². The summed E-state index contributed by atoms with van der Waals surface area (Å²) in [5.74, 6) is -0.666. The zero-order valence-electron chi connectivity index (χ0n) is 18.1. The van der Waals surface area contributed by atoms with E-state index in [1.54, 1.807) is 4.90 Å². The van der Waals surface area contributed by atoms with Gasteiger partial charge in [-0.05, 0) is 49.7 Å². The number of fused-ring (bicyclic) bond motifs is 2. The third-order valence-corrected chi connectivity index (χ3v) is 9.30. The first kappa shape index (κ1) is 21.4. The number of hydrogen-bond acceptors (Lipinski definition) is 5. The molecule has 4 aliphatic rings. The summed E-state index contributed by atoms with van der Waals surface area (Å²) in [5.41, 5.74) is 0.750. The largest absolute Gasteiger partial charge is 0.334 e. The molecule has 8 nitrogen and oxygen atoms in total. The summed E-state index contributed by atoms with van der Waals surface area (Å²) in [6, 6.07) is 6.70. The van der Waals surface area contributed by atoms with Crippen molar-refractivity contribution in [2.45, 2.75) is 69.0 Å². The number of aryl methyl sites for hydroxylation is 1. The molecule has 2 heterocycles. The fourth-order valence-corrected chi connectivity index (χ4v) is 7.77. The number of amides is 4. The molecular weight excluding hydrogens is 430 g/mol. The van der Waals surface area contributed by atoms with Crippen LogP contribution in [0.5, 0.6) is 0 Å². The van der Waals surface area contributed by atoms with Gasteiger partial charge >= 0.3 is 6.03 Å². The SMILES string of the molecule is O=C1NC2(CCCc3ccccc32)C(=O)N1CC(=O)N(C1CCCC1)C1CCS(=O)(=O)C1. The molecule has 2 aliphatic heterocycles. The van der Waals surface area contributed by atoms with E-state index in [2.05, 4.69) is 5.32 Å². The van der Waals surface area contributed by atoms with Crippen LogP contribution in [0, 0.1) is 0 Å². The van der Waals surface area contributed by atoms with E-state index in [-0.39, 0.29) is 41.9 Å². The lowest BCUT2D eigenvalue weighted by Gasteiger charge is -2.35. The van der Waals surface area contributed by atoms with E-state index in [9.17, 15) is 22.8 Å². The molecule has 2 aliphatic carbocycles. The lowest BCUT2D eigenvalue weighted by molar-refractivity contribution is -0.142. The summed E-state index contributed by atoms with van der Waals surface area (Å²) in [6.45, 7) is -0.346. The standard InChI is InChI=1S/C23H29N3O5S/c27-20(26(17-8-2-3-9-17)18-11-13-32(30,31)15-18)14-25-21(28)23(24-22(25)29)12-5-7-16-6-1-4-10-19(16)23/h1,4,6,10,17-18H,2-3,5,7-9,11-15H2,(H,24,29). The van der Waals surface area contributed by atoms with E-state index >= 15 is 0 Å². The number of rotatable bonds is 4. The van der Waals surface area contributed by atoms with Crippen LogP contribution in [0.25, 0.3) is 0 Å². The maximum Gasteiger partial charge on any atom is 0.325 e. The van der Waals surface area contributed by atoms with Gasteiger partial charge in [0.25, 0.3) is 5.91 Å². The number of sulfone groups is 1. The lowest BCUT2D eigenvalue weighted by Crippen LogP contribution is -2.52. The highest BCUT2D eigenvalue weighted by Crippen LogP contribution is 2.40. The molecule has 1 N–H and O–H groups in total. The van der Waals surface area contributed by atoms with Gasteiger partial charge in [0, 0.05) is 12.1 Å². The van der Waals surface area contributed by atoms with Gasteiger partial charge in [0.2, 0.25) is 5.91 Å². The van der Waals surface area contributed by atoms with Crippen LogP contribution in [-0.2, 0) is 31.4 Å². The molecule has 9 heteroatoms. The van der Waals surface area contributed by atoms with E-state index in [1.807, 2.05) is 24.3 Å². The van der Waals surface area contributed by atoms with Crippen molar-refractivity contribution in [3.05, 3.63) is 35.4 Å². The predicted octanol–water partition coefficient (Wildman–Crippen LogP) is 1.73. The minimum absolute atomic E-state index is 0.0223. The summed E-state index contributed by atoms with van der Waals surface area (Å²) >= 11 is 0. The van der Waals surface area contributed by atoms with Crippen molar-refractivity contribution < 1.29 is 22.8 Å². The normalized spacial score (nSPS) is 29.4. The molecule has 172 valence electrons. The Balaban J connectivity index is 1.40. The van der Waals surface area contributed by atoms with Crippen molar-refractivity contribution in [3.63, 3.8) is 0 Å². The molecule has 5 rings (SSSR count). The van der Waals surface area contributed by atoms with Crippen molar-refractivity contribution in [1.29, 1.82) is 0 Å². The van der Waals surface area contributed by atoms with Crippen LogP contribution in [0.15, 0.2) is 24.3 Å². The molecule has 0 bridgehead atoms. The molecule has 2 saturated heterocycles. The molecule has 3 fully saturated rings. The Labute approximate surface area is 188 Å². The topological polar surface area (TPSA) is 104 Å². The number of carbonyl (C=O) groups is 3. The maximum atomic E-state index is 13.5. The Bertz CT molecular complexity index is 1070. The number of imide groups is 1. The molecule has 1 aromatic carbocycles. The van der Waals surface area contributed by atoms with Crippen molar-refractivity contribution in [2.24, 2.45) is 0 Å². The summed E-state index contributed by atoms with van der Waals surface area (Å²) in [4.78, 5) is 42.6. The first-order valence-electron chi connectivity index (χ1n) is 11.5. The van der Waals surface area contributed by atoms with Crippen LogP contribution >= 0.6 is 0 Å². The molecular formula is C23H29N3O5S. The number of nitrogens with one attached hydrogen (secondary N) is 1. The van der Waals surface area contributed by atoms with Gasteiger partial charge in [0.15, 0.2) is 9.84 Å². The first-order valence-corrected chi connectivity index (χ1v) is 13.4. The van der Waals surface area contributed by atoms with Gasteiger partial charge in [-0.2, -0.15) is 0 Å². The van der Waals surface area contributed by atoms with E-state index in [1.165, 1.54) is 0 Å². The van der Waals surface area contributed by atoms with Gasteiger partial charge in [0.1, 0.15) is 12.1 Å². The minimum Gasteiger partial charge on any atom is -0.334 e. The van der Waals surface area contributed by atoms with Crippen molar-refractivity contribution >= 4 is 27.7 Å². The quantitative estimate of drug-likeness (QED) is 0.691. The van der Waals surface area contributed by atoms with Crippen LogP contribution < -0.4 is 5.32 Å². The van der Waals surface area contributed by atoms with Crippen molar-refractivity contribution in [3.8, 4) is 0 Å². The number of urea groups is 1. The van der Waals surface area contributed by atoms with Crippen molar-refractivity contribution in [2.75, 3.05) is 18.1 Å². The minimum atomic E-state index is -3.16. The molecule has 0 radical (unpaired) electrons. The molecule has 1 saturated carbocycles. The van der Waals surface area contributed by atoms with Crippen LogP contribution in [0.4, 0.5) is 4.79 Å². The van der Waals surface area contributed by atoms with E-state index in [0.717, 1.165) is 54.6 Å². The van der Waals surface area contributed by atoms with Gasteiger partial charge in [-0.15, -0.1) is 0 Å². The fraction of sp³-hybridized carbons (Fsp3) is 0.609. The number of hydrogen-bond donors (Lipinski definition) is 1. The Morgan fingerprint density at radius 2 is 1.84 bits per heavy atom. The number of carbonyl (C=O) groups excluding carboxylic acids is 3. The second kappa shape index (κ2) is 7.86. The first-order chi connectivity index (χ1) is 15.3. The second-order valence-corrected chi connectivity index (χ2v) is 11.8. The monoisotopic (exact) mass is 459 g/mol. The van der Waals surface area contributed by atoms with Crippen LogP contribution in [0.3, 0.4) is 0 Å². The number of benzene rings is 1. The summed E-state index contributed by atoms with van der Waals surface area (Å²) < 4.78 is 24.2. The summed E-state index contributed by atoms with van der Waals surface area (Å²) in [6.07, 6.45) is 6.21. The van der Waals surface area contributed by atoms with Crippen LogP contribution in [-0.4, -0.2) is 66.2 Å². The summed E-state index contributed by atoms with van der Waals surface area (Å²) in [7, 11) is -3.16. The third kappa shape index (κ3) is 3.50. The predicted molar refractivity (Wildman–Crippen MR) is 117 cm³/mol. The molecule has 1 aromatic rings. The Morgan fingerprint density at radius 1 is 1.09 bits per heavy atom. The highest BCUT2D eigenvalue weighted by atomic mass is 32.2. The highest BCUT2D eigenvalue weighted by molar-refractivity contribution is 7.91. The third-order valence-electron chi connectivity index (χ3n) is 7.55. The Hall–Kier alpha value is -2.42. The zero-order chi connectivity index (χ0) is 22.5. The van der Waals surface area contributed by atoms with E-state index in [4.69, 9.17) is 0 Å². The van der Waals surface area contributed by atoms with Gasteiger partial charge in [-0.1, -0.05) is 37.1 Å². The van der Waals surface area contributed by atoms with E-state index in [0.29, 0.717) is 12.8 Å². The fourth-order valence-electron chi connectivity index (χ4n) is 6.05. The molecule has 2 unspecified atom stereocenters. The lowest BCUT2D eigenvalue weighted by atomic mass is 9.76. The van der Waals surface area contributed by atoms with Gasteiger partial charge < -0.3 is 10.2 Å². The summed E-state index contributed by atoms with van der Waals surface area (Å²) in [5, 5.41) is 2.89. The molecule has 1 spiro atoms. The average molecular weight is 460 g/mol. The van der Waals surface area contributed by atoms with Gasteiger partial charge in [-0.25, -0.2) is 13.2 Å². The molecule has 2 atom stereocenters. The Kier molecular flexibility index (Phi) is 5.27. The van der Waals surface area contributed by atoms with Crippen LogP contribution in [0.2, 0.25) is 0 Å². The van der Waals surface area contributed by atoms with Crippen LogP contribution in [0.1, 0.15) is 56.1 Å². The number of nitrogens with zero attached hydrogens (tertiary/aromatic N) is 2. The maximum absolute atomic E-state index is 13.5. The van der Waals surface area contributed by atoms with E-state index < -0.39 is 21.4 Å². The second-order valence-electron chi connectivity index (χ2n) is 9.53. The molecule has 4 amide bonds. The molecule has 32 heavy (non-hydrogen) atoms. The Morgan fingerprint density at radius 3 is 2.56 bits per heavy atom. The zero-order valence-corrected chi connectivity index (χ0v) is 18.9. The van der Waals surface area contributed by atoms with Gasteiger partial charge in [-0.3, -0.25) is 14.5 Å². The highest BCUT2D eigenvalue weighted by Gasteiger charge is 2.54. The van der Waals surface area contributed by atoms with Gasteiger partial charge in [0.05, 0.1) is 11.5 Å². The smallest absolute Gasteiger partial charge is 0.325 e. The molecule has 0 aromatic heterocycles. The average Bonchev–Trinajstić information content (AvgIpc) is 3.46.